The number of fused-ring (bicyclic) bond motifs is 1. The van der Waals surface area contributed by atoms with Crippen molar-refractivity contribution < 1.29 is 9.53 Å². The van der Waals surface area contributed by atoms with Crippen molar-refractivity contribution in [2.75, 3.05) is 32.8 Å². The fourth-order valence-electron chi connectivity index (χ4n) is 3.59. The van der Waals surface area contributed by atoms with E-state index in [2.05, 4.69) is 9.88 Å². The van der Waals surface area contributed by atoms with Crippen LogP contribution in [0.2, 0.25) is 0 Å². The summed E-state index contributed by atoms with van der Waals surface area (Å²) < 4.78 is 7.12. The monoisotopic (exact) mass is 412 g/mol. The predicted octanol–water partition coefficient (Wildman–Crippen LogP) is 2.42. The summed E-state index contributed by atoms with van der Waals surface area (Å²) in [7, 11) is 0. The van der Waals surface area contributed by atoms with Crippen LogP contribution in [0.1, 0.15) is 28.5 Å². The van der Waals surface area contributed by atoms with Crippen LogP contribution in [0, 0.1) is 6.92 Å². The molecule has 0 aliphatic carbocycles. The fourth-order valence-corrected chi connectivity index (χ4v) is 4.33. The Morgan fingerprint density at radius 2 is 2.00 bits per heavy atom. The normalized spacial score (nSPS) is 15.0. The summed E-state index contributed by atoms with van der Waals surface area (Å²) in [5.41, 5.74) is 2.39. The van der Waals surface area contributed by atoms with Gasteiger partial charge in [0, 0.05) is 55.9 Å². The summed E-state index contributed by atoms with van der Waals surface area (Å²) in [6.45, 7) is 7.96. The van der Waals surface area contributed by atoms with Gasteiger partial charge in [-0.1, -0.05) is 0 Å². The van der Waals surface area contributed by atoms with Gasteiger partial charge in [-0.3, -0.25) is 18.9 Å². The fraction of sp³-hybridized carbons (Fsp3) is 0.381. The van der Waals surface area contributed by atoms with Crippen LogP contribution < -0.4 is 10.3 Å². The molecule has 3 aromatic rings. The molecular formula is C21H24N4O3S. The zero-order valence-electron chi connectivity index (χ0n) is 16.6. The van der Waals surface area contributed by atoms with Gasteiger partial charge in [0.05, 0.1) is 12.3 Å². The Labute approximate surface area is 173 Å². The van der Waals surface area contributed by atoms with Crippen molar-refractivity contribution in [1.82, 2.24) is 19.2 Å². The van der Waals surface area contributed by atoms with Crippen LogP contribution in [-0.2, 0) is 6.54 Å². The number of hydrogen-bond donors (Lipinski definition) is 0. The van der Waals surface area contributed by atoms with Gasteiger partial charge in [-0.25, -0.2) is 4.98 Å². The predicted molar refractivity (Wildman–Crippen MR) is 113 cm³/mol. The molecule has 0 radical (unpaired) electrons. The molecule has 0 atom stereocenters. The maximum Gasteiger partial charge on any atom is 0.258 e. The summed E-state index contributed by atoms with van der Waals surface area (Å²) in [4.78, 5) is 34.4. The lowest BCUT2D eigenvalue weighted by atomic mass is 10.1. The molecule has 1 aliphatic heterocycles. The zero-order chi connectivity index (χ0) is 20.4. The van der Waals surface area contributed by atoms with Crippen LogP contribution in [0.15, 0.2) is 40.6 Å². The second-order valence-electron chi connectivity index (χ2n) is 7.12. The first-order valence-electron chi connectivity index (χ1n) is 9.76. The highest BCUT2D eigenvalue weighted by molar-refractivity contribution is 7.15. The number of nitrogens with zero attached hydrogens (tertiary/aromatic N) is 4. The minimum Gasteiger partial charge on any atom is -0.494 e. The van der Waals surface area contributed by atoms with E-state index in [1.165, 1.54) is 11.3 Å². The molecule has 8 heteroatoms. The minimum absolute atomic E-state index is 0.0483. The van der Waals surface area contributed by atoms with Crippen molar-refractivity contribution in [3.05, 3.63) is 63.0 Å². The molecule has 1 amide bonds. The van der Waals surface area contributed by atoms with E-state index in [0.29, 0.717) is 36.8 Å². The molecule has 0 spiro atoms. The van der Waals surface area contributed by atoms with E-state index >= 15 is 0 Å². The largest absolute Gasteiger partial charge is 0.494 e. The van der Waals surface area contributed by atoms with Crippen molar-refractivity contribution in [2.24, 2.45) is 0 Å². The second kappa shape index (κ2) is 8.34. The molecular weight excluding hydrogens is 388 g/mol. The third-order valence-corrected chi connectivity index (χ3v) is 5.88. The Morgan fingerprint density at radius 3 is 2.72 bits per heavy atom. The van der Waals surface area contributed by atoms with Crippen molar-refractivity contribution in [3.63, 3.8) is 0 Å². The summed E-state index contributed by atoms with van der Waals surface area (Å²) in [5.74, 6) is 0.868. The summed E-state index contributed by atoms with van der Waals surface area (Å²) in [6, 6.07) is 7.20. The molecule has 0 saturated carbocycles. The maximum absolute atomic E-state index is 12.9. The highest BCUT2D eigenvalue weighted by Crippen LogP contribution is 2.20. The van der Waals surface area contributed by atoms with E-state index in [1.54, 1.807) is 16.7 Å². The minimum atomic E-state index is -0.0501. The number of rotatable bonds is 5. The Kier molecular flexibility index (Phi) is 5.64. The summed E-state index contributed by atoms with van der Waals surface area (Å²) >= 11 is 1.46. The average molecular weight is 413 g/mol. The van der Waals surface area contributed by atoms with Crippen LogP contribution >= 0.6 is 11.3 Å². The number of aryl methyl sites for hydroxylation is 1. The van der Waals surface area contributed by atoms with Gasteiger partial charge in [-0.2, -0.15) is 0 Å². The first kappa shape index (κ1) is 19.6. The van der Waals surface area contributed by atoms with E-state index in [-0.39, 0.29) is 11.5 Å². The molecule has 1 saturated heterocycles. The lowest BCUT2D eigenvalue weighted by Crippen LogP contribution is -2.48. The molecule has 29 heavy (non-hydrogen) atoms. The van der Waals surface area contributed by atoms with E-state index < -0.39 is 0 Å². The van der Waals surface area contributed by atoms with Crippen LogP contribution in [-0.4, -0.2) is 57.9 Å². The highest BCUT2D eigenvalue weighted by atomic mass is 32.1. The van der Waals surface area contributed by atoms with Gasteiger partial charge in [-0.15, -0.1) is 11.3 Å². The number of ether oxygens (including phenoxy) is 1. The van der Waals surface area contributed by atoms with Crippen LogP contribution in [0.4, 0.5) is 0 Å². The molecule has 7 nitrogen and oxygen atoms in total. The van der Waals surface area contributed by atoms with Crippen molar-refractivity contribution in [1.29, 1.82) is 0 Å². The number of aromatic nitrogens is 2. The van der Waals surface area contributed by atoms with E-state index in [9.17, 15) is 9.59 Å². The number of carbonyl (C=O) groups excluding carboxylic acids is 1. The molecule has 3 heterocycles. The summed E-state index contributed by atoms with van der Waals surface area (Å²) in [5, 5.41) is 1.86. The van der Waals surface area contributed by atoms with Gasteiger partial charge < -0.3 is 9.64 Å². The lowest BCUT2D eigenvalue weighted by molar-refractivity contribution is 0.0627. The van der Waals surface area contributed by atoms with Crippen molar-refractivity contribution >= 4 is 22.2 Å². The van der Waals surface area contributed by atoms with Gasteiger partial charge in [0.25, 0.3) is 11.5 Å². The quantitative estimate of drug-likeness (QED) is 0.644. The smallest absolute Gasteiger partial charge is 0.258 e. The van der Waals surface area contributed by atoms with Crippen LogP contribution in [0.5, 0.6) is 5.75 Å². The molecule has 0 bridgehead atoms. The van der Waals surface area contributed by atoms with E-state index in [1.807, 2.05) is 42.3 Å². The first-order chi connectivity index (χ1) is 14.0. The maximum atomic E-state index is 12.9. The van der Waals surface area contributed by atoms with Gasteiger partial charge in [0.2, 0.25) is 0 Å². The van der Waals surface area contributed by atoms with Crippen LogP contribution in [0.3, 0.4) is 0 Å². The molecule has 0 N–H and O–H groups in total. The lowest BCUT2D eigenvalue weighted by Gasteiger charge is -2.34. The Balaban J connectivity index is 1.38. The number of benzene rings is 1. The molecule has 152 valence electrons. The second-order valence-corrected chi connectivity index (χ2v) is 8.00. The Morgan fingerprint density at radius 1 is 1.21 bits per heavy atom. The first-order valence-corrected chi connectivity index (χ1v) is 10.6. The van der Waals surface area contributed by atoms with E-state index in [4.69, 9.17) is 4.74 Å². The Hall–Kier alpha value is -2.71. The van der Waals surface area contributed by atoms with Gasteiger partial charge >= 0.3 is 0 Å². The number of carbonyl (C=O) groups is 1. The van der Waals surface area contributed by atoms with Crippen LogP contribution in [0.25, 0.3) is 4.96 Å². The molecule has 2 aromatic heterocycles. The van der Waals surface area contributed by atoms with Gasteiger partial charge in [0.1, 0.15) is 5.75 Å². The SMILES string of the molecule is CCOc1ccc(C(=O)N2CCN(Cc3cc(=O)n4ccsc4n3)CC2)cc1C. The molecule has 1 fully saturated rings. The topological polar surface area (TPSA) is 67.2 Å². The van der Waals surface area contributed by atoms with Gasteiger partial charge in [-0.05, 0) is 37.6 Å². The summed E-state index contributed by atoms with van der Waals surface area (Å²) in [6.07, 6.45) is 1.74. The van der Waals surface area contributed by atoms with Crippen molar-refractivity contribution in [3.8, 4) is 5.75 Å². The van der Waals surface area contributed by atoms with E-state index in [0.717, 1.165) is 30.1 Å². The molecule has 0 unspecified atom stereocenters. The number of thiazole rings is 1. The third kappa shape index (κ3) is 4.18. The highest BCUT2D eigenvalue weighted by Gasteiger charge is 2.23. The average Bonchev–Trinajstić information content (AvgIpc) is 3.19. The number of hydrogen-bond acceptors (Lipinski definition) is 6. The Bertz CT molecular complexity index is 1080. The van der Waals surface area contributed by atoms with Crippen molar-refractivity contribution in [2.45, 2.75) is 20.4 Å². The molecule has 1 aromatic carbocycles. The molecule has 1 aliphatic rings. The zero-order valence-corrected chi connectivity index (χ0v) is 17.4. The number of amides is 1. The standard InChI is InChI=1S/C21H24N4O3S/c1-3-28-18-5-4-16(12-15(18)2)20(27)24-8-6-23(7-9-24)14-17-13-19(26)25-10-11-29-21(25)22-17/h4-5,10-13H,3,6-9,14H2,1-2H3. The molecule has 4 rings (SSSR count). The number of piperazine rings is 1. The third-order valence-electron chi connectivity index (χ3n) is 5.12. The van der Waals surface area contributed by atoms with Gasteiger partial charge in [0.15, 0.2) is 4.96 Å².